The van der Waals surface area contributed by atoms with Crippen LogP contribution >= 0.6 is 11.5 Å². The van der Waals surface area contributed by atoms with Crippen LogP contribution in [-0.2, 0) is 6.42 Å². The first-order chi connectivity index (χ1) is 17.4. The summed E-state index contributed by atoms with van der Waals surface area (Å²) in [6.45, 7) is 6.98. The van der Waals surface area contributed by atoms with Gasteiger partial charge in [-0.1, -0.05) is 6.92 Å². The summed E-state index contributed by atoms with van der Waals surface area (Å²) in [6, 6.07) is -0.320. The molecule has 4 atom stereocenters. The average Bonchev–Trinajstić information content (AvgIpc) is 3.53. The van der Waals surface area contributed by atoms with Crippen molar-refractivity contribution in [3.05, 3.63) is 41.8 Å². The molecule has 2 N–H and O–H groups in total. The van der Waals surface area contributed by atoms with Crippen molar-refractivity contribution >= 4 is 22.6 Å². The van der Waals surface area contributed by atoms with E-state index in [2.05, 4.69) is 38.1 Å². The largest absolute Gasteiger partial charge is 0.487 e. The number of piperidine rings is 1. The van der Waals surface area contributed by atoms with Gasteiger partial charge in [0.05, 0.1) is 18.5 Å². The van der Waals surface area contributed by atoms with Crippen LogP contribution in [0.4, 0.5) is 19.9 Å². The molecular weight excluding hydrogens is 484 g/mol. The van der Waals surface area contributed by atoms with Crippen LogP contribution in [0.1, 0.15) is 38.9 Å². The number of allylic oxidation sites excluding steroid dienone is 3. The summed E-state index contributed by atoms with van der Waals surface area (Å²) < 4.78 is 38.7. The van der Waals surface area contributed by atoms with Crippen LogP contribution in [0.15, 0.2) is 35.9 Å². The molecular formula is C25H33F2N7OS. The number of ether oxygens (including phenoxy) is 1. The fraction of sp³-hybridized carbons (Fsp3) is 0.600. The first-order valence-corrected chi connectivity index (χ1v) is 13.5. The molecule has 0 radical (unpaired) electrons. The molecule has 2 aliphatic heterocycles. The van der Waals surface area contributed by atoms with Gasteiger partial charge in [-0.2, -0.15) is 4.37 Å². The maximum atomic E-state index is 14.3. The van der Waals surface area contributed by atoms with Crippen molar-refractivity contribution < 1.29 is 13.5 Å². The standard InChI is InChI=1S/C25H33F2N7OS/c1-3-23-31-25(36-32-23)33-8-6-16(7-9-33)15(2)35-18-11-29-24(30-12-18)34-13-20(22(28)14-34)19-10-17(26)4-5-21(19)27/h5,10-12,15-17,20,22H,3-4,6-9,13-14,28H2,1-2H3/t15-,17?,20+,22-/m0/s1. The highest BCUT2D eigenvalue weighted by Crippen LogP contribution is 2.34. The van der Waals surface area contributed by atoms with E-state index in [0.717, 1.165) is 43.3 Å². The molecule has 0 spiro atoms. The molecule has 11 heteroatoms. The summed E-state index contributed by atoms with van der Waals surface area (Å²) in [6.07, 6.45) is 7.88. The quantitative estimate of drug-likeness (QED) is 0.592. The highest BCUT2D eigenvalue weighted by molar-refractivity contribution is 7.09. The lowest BCUT2D eigenvalue weighted by Gasteiger charge is -2.34. The lowest BCUT2D eigenvalue weighted by Crippen LogP contribution is -2.38. The first-order valence-electron chi connectivity index (χ1n) is 12.7. The van der Waals surface area contributed by atoms with E-state index in [-0.39, 0.29) is 30.3 Å². The minimum absolute atomic E-state index is 0.0356. The smallest absolute Gasteiger partial charge is 0.225 e. The predicted molar refractivity (Wildman–Crippen MR) is 137 cm³/mol. The number of rotatable bonds is 7. The number of hydrogen-bond acceptors (Lipinski definition) is 9. The van der Waals surface area contributed by atoms with Gasteiger partial charge in [-0.3, -0.25) is 0 Å². The van der Waals surface area contributed by atoms with Gasteiger partial charge in [0, 0.05) is 62.5 Å². The van der Waals surface area contributed by atoms with Gasteiger partial charge in [-0.15, -0.1) is 0 Å². The fourth-order valence-corrected chi connectivity index (χ4v) is 6.02. The van der Waals surface area contributed by atoms with Crippen LogP contribution in [0, 0.1) is 11.8 Å². The summed E-state index contributed by atoms with van der Waals surface area (Å²) >= 11 is 1.48. The topological polar surface area (TPSA) is 93.3 Å². The SMILES string of the molecule is CCc1nsc(N2CCC([C@H](C)Oc3cnc(N4C[C@H](C5=CC(F)CC=C5F)[C@@H](N)C4)nc3)CC2)n1. The molecule has 0 amide bonds. The third-order valence-electron chi connectivity index (χ3n) is 7.39. The maximum Gasteiger partial charge on any atom is 0.225 e. The Hall–Kier alpha value is -2.66. The molecule has 3 aliphatic rings. The van der Waals surface area contributed by atoms with Crippen LogP contribution in [0.2, 0.25) is 0 Å². The number of anilines is 2. The zero-order valence-corrected chi connectivity index (χ0v) is 21.5. The van der Waals surface area contributed by atoms with Crippen molar-refractivity contribution in [2.24, 2.45) is 17.6 Å². The van der Waals surface area contributed by atoms with E-state index in [9.17, 15) is 8.78 Å². The van der Waals surface area contributed by atoms with Gasteiger partial charge in [0.1, 0.15) is 17.8 Å². The minimum Gasteiger partial charge on any atom is -0.487 e. The van der Waals surface area contributed by atoms with E-state index in [1.54, 1.807) is 12.4 Å². The van der Waals surface area contributed by atoms with Gasteiger partial charge in [0.25, 0.3) is 0 Å². The fourth-order valence-electron chi connectivity index (χ4n) is 5.22. The van der Waals surface area contributed by atoms with Crippen LogP contribution in [0.5, 0.6) is 5.75 Å². The molecule has 2 aromatic heterocycles. The number of hydrogen-bond donors (Lipinski definition) is 1. The lowest BCUT2D eigenvalue weighted by molar-refractivity contribution is 0.132. The molecule has 0 bridgehead atoms. The molecule has 1 aliphatic carbocycles. The number of aryl methyl sites for hydroxylation is 1. The lowest BCUT2D eigenvalue weighted by atomic mass is 9.89. The zero-order valence-electron chi connectivity index (χ0n) is 20.7. The Morgan fingerprint density at radius 2 is 1.94 bits per heavy atom. The van der Waals surface area contributed by atoms with Gasteiger partial charge in [-0.05, 0) is 43.4 Å². The van der Waals surface area contributed by atoms with Crippen molar-refractivity contribution in [2.45, 2.75) is 57.8 Å². The molecule has 4 heterocycles. The number of nitrogens with two attached hydrogens (primary N) is 1. The second kappa shape index (κ2) is 10.8. The second-order valence-electron chi connectivity index (χ2n) is 9.81. The molecule has 0 aromatic carbocycles. The van der Waals surface area contributed by atoms with Gasteiger partial charge >= 0.3 is 0 Å². The Bertz CT molecular complexity index is 1100. The van der Waals surface area contributed by atoms with Gasteiger partial charge in [0.2, 0.25) is 11.1 Å². The van der Waals surface area contributed by atoms with Gasteiger partial charge in [-0.25, -0.2) is 23.7 Å². The molecule has 5 rings (SSSR count). The second-order valence-corrected chi connectivity index (χ2v) is 10.5. The number of alkyl halides is 1. The normalized spacial score (nSPS) is 26.1. The van der Waals surface area contributed by atoms with Crippen molar-refractivity contribution in [1.82, 2.24) is 19.3 Å². The Morgan fingerprint density at radius 1 is 1.19 bits per heavy atom. The first kappa shape index (κ1) is 25.0. The zero-order chi connectivity index (χ0) is 25.2. The number of halogens is 2. The van der Waals surface area contributed by atoms with E-state index in [0.29, 0.717) is 36.3 Å². The van der Waals surface area contributed by atoms with E-state index in [1.165, 1.54) is 23.7 Å². The Morgan fingerprint density at radius 3 is 2.64 bits per heavy atom. The Balaban J connectivity index is 1.14. The highest BCUT2D eigenvalue weighted by Gasteiger charge is 2.36. The van der Waals surface area contributed by atoms with E-state index < -0.39 is 6.17 Å². The minimum atomic E-state index is -1.17. The number of aromatic nitrogens is 4. The highest BCUT2D eigenvalue weighted by atomic mass is 32.1. The Labute approximate surface area is 214 Å². The summed E-state index contributed by atoms with van der Waals surface area (Å²) in [5.74, 6) is 1.82. The van der Waals surface area contributed by atoms with Crippen molar-refractivity contribution in [3.63, 3.8) is 0 Å². The summed E-state index contributed by atoms with van der Waals surface area (Å²) in [4.78, 5) is 17.8. The molecule has 2 saturated heterocycles. The monoisotopic (exact) mass is 517 g/mol. The van der Waals surface area contributed by atoms with Gasteiger partial charge < -0.3 is 20.3 Å². The third kappa shape index (κ3) is 5.36. The van der Waals surface area contributed by atoms with Crippen molar-refractivity contribution in [2.75, 3.05) is 36.0 Å². The average molecular weight is 518 g/mol. The molecule has 0 saturated carbocycles. The summed E-state index contributed by atoms with van der Waals surface area (Å²) in [5, 5.41) is 1.01. The maximum absolute atomic E-state index is 14.3. The summed E-state index contributed by atoms with van der Waals surface area (Å²) in [5.41, 5.74) is 6.65. The molecule has 36 heavy (non-hydrogen) atoms. The van der Waals surface area contributed by atoms with Crippen molar-refractivity contribution in [1.29, 1.82) is 0 Å². The molecule has 194 valence electrons. The van der Waals surface area contributed by atoms with Crippen LogP contribution in [0.25, 0.3) is 0 Å². The van der Waals surface area contributed by atoms with Gasteiger partial charge in [0.15, 0.2) is 5.75 Å². The van der Waals surface area contributed by atoms with E-state index >= 15 is 0 Å². The van der Waals surface area contributed by atoms with Crippen LogP contribution in [-0.4, -0.2) is 63.8 Å². The molecule has 8 nitrogen and oxygen atoms in total. The van der Waals surface area contributed by atoms with Crippen LogP contribution in [0.3, 0.4) is 0 Å². The number of nitrogens with zero attached hydrogens (tertiary/aromatic N) is 6. The molecule has 2 fully saturated rings. The third-order valence-corrected chi connectivity index (χ3v) is 8.20. The van der Waals surface area contributed by atoms with E-state index in [4.69, 9.17) is 10.5 Å². The molecule has 1 unspecified atom stereocenters. The van der Waals surface area contributed by atoms with E-state index in [1.807, 2.05) is 4.90 Å². The summed E-state index contributed by atoms with van der Waals surface area (Å²) in [7, 11) is 0. The van der Waals surface area contributed by atoms with Crippen LogP contribution < -0.4 is 20.3 Å². The molecule has 2 aromatic rings. The van der Waals surface area contributed by atoms with Crippen molar-refractivity contribution in [3.8, 4) is 5.75 Å². The Kier molecular flexibility index (Phi) is 7.47. The predicted octanol–water partition coefficient (Wildman–Crippen LogP) is 3.86.